The molecule has 20 heavy (non-hydrogen) atoms. The highest BCUT2D eigenvalue weighted by atomic mass is 32.2. The predicted octanol–water partition coefficient (Wildman–Crippen LogP) is 1.81. The maximum absolute atomic E-state index is 13.7. The lowest BCUT2D eigenvalue weighted by Gasteiger charge is -2.06. The lowest BCUT2D eigenvalue weighted by molar-refractivity contribution is 0.1000. The molecule has 4 nitrogen and oxygen atoms in total. The number of benzene rings is 2. The first-order valence-corrected chi connectivity index (χ1v) is 7.11. The quantitative estimate of drug-likeness (QED) is 0.843. The molecule has 104 valence electrons. The van der Waals surface area contributed by atoms with E-state index in [1.54, 1.807) is 24.3 Å². The number of hydrogen-bond donors (Lipinski definition) is 2. The van der Waals surface area contributed by atoms with Crippen molar-refractivity contribution in [3.05, 3.63) is 59.4 Å². The largest absolute Gasteiger partial charge is 0.399 e. The van der Waals surface area contributed by atoms with Gasteiger partial charge in [-0.2, -0.15) is 0 Å². The number of nitrogens with two attached hydrogens (primary N) is 2. The molecule has 0 heterocycles. The van der Waals surface area contributed by atoms with Crippen molar-refractivity contribution < 1.29 is 13.4 Å². The van der Waals surface area contributed by atoms with Gasteiger partial charge in [0.1, 0.15) is 5.82 Å². The SMILES string of the molecule is NC(=O)c1ccc(F)c(CS(=O)c2ccc(N)cc2)c1. The van der Waals surface area contributed by atoms with Crippen molar-refractivity contribution in [3.63, 3.8) is 0 Å². The van der Waals surface area contributed by atoms with Crippen LogP contribution in [0.1, 0.15) is 15.9 Å². The first kappa shape index (κ1) is 14.2. The summed E-state index contributed by atoms with van der Waals surface area (Å²) in [5.41, 5.74) is 11.6. The lowest BCUT2D eigenvalue weighted by Crippen LogP contribution is -2.12. The van der Waals surface area contributed by atoms with Gasteiger partial charge in [0.05, 0.1) is 16.6 Å². The minimum Gasteiger partial charge on any atom is -0.399 e. The van der Waals surface area contributed by atoms with Gasteiger partial charge in [0, 0.05) is 21.7 Å². The molecule has 0 aliphatic heterocycles. The van der Waals surface area contributed by atoms with Crippen molar-refractivity contribution in [1.82, 2.24) is 0 Å². The van der Waals surface area contributed by atoms with Crippen LogP contribution in [-0.2, 0) is 16.6 Å². The van der Waals surface area contributed by atoms with E-state index in [1.807, 2.05) is 0 Å². The van der Waals surface area contributed by atoms with E-state index in [0.29, 0.717) is 10.6 Å². The molecule has 0 bridgehead atoms. The van der Waals surface area contributed by atoms with Gasteiger partial charge in [-0.25, -0.2) is 4.39 Å². The molecular weight excluding hydrogens is 279 g/mol. The van der Waals surface area contributed by atoms with Gasteiger partial charge < -0.3 is 11.5 Å². The maximum Gasteiger partial charge on any atom is 0.248 e. The zero-order valence-corrected chi connectivity index (χ0v) is 11.3. The Kier molecular flexibility index (Phi) is 4.14. The normalized spacial score (nSPS) is 12.1. The van der Waals surface area contributed by atoms with E-state index in [1.165, 1.54) is 12.1 Å². The van der Waals surface area contributed by atoms with E-state index >= 15 is 0 Å². The number of nitrogen functional groups attached to an aromatic ring is 1. The number of hydrogen-bond acceptors (Lipinski definition) is 3. The Bertz CT molecular complexity index is 671. The number of carbonyl (C=O) groups excluding carboxylic acids is 1. The van der Waals surface area contributed by atoms with Crippen molar-refractivity contribution in [1.29, 1.82) is 0 Å². The van der Waals surface area contributed by atoms with Crippen molar-refractivity contribution in [2.75, 3.05) is 5.73 Å². The fourth-order valence-electron chi connectivity index (χ4n) is 1.68. The summed E-state index contributed by atoms with van der Waals surface area (Å²) in [6, 6.07) is 10.3. The molecule has 4 N–H and O–H groups in total. The van der Waals surface area contributed by atoms with E-state index in [2.05, 4.69) is 0 Å². The van der Waals surface area contributed by atoms with Crippen LogP contribution in [0.4, 0.5) is 10.1 Å². The number of primary amides is 1. The molecule has 1 atom stereocenters. The molecule has 0 radical (unpaired) electrons. The third-order valence-electron chi connectivity index (χ3n) is 2.76. The summed E-state index contributed by atoms with van der Waals surface area (Å²) in [6.45, 7) is 0. The Balaban J connectivity index is 2.25. The summed E-state index contributed by atoms with van der Waals surface area (Å²) in [7, 11) is -1.42. The van der Waals surface area contributed by atoms with Crippen LogP contribution in [-0.4, -0.2) is 10.1 Å². The van der Waals surface area contributed by atoms with Gasteiger partial charge >= 0.3 is 0 Å². The van der Waals surface area contributed by atoms with Crippen LogP contribution in [0.5, 0.6) is 0 Å². The third-order valence-corrected chi connectivity index (χ3v) is 4.13. The number of anilines is 1. The standard InChI is InChI=1S/C14H13FN2O2S/c15-13-6-1-9(14(17)18)7-10(13)8-20(19)12-4-2-11(16)3-5-12/h1-7H,8,16H2,(H2,17,18). The Morgan fingerprint density at radius 1 is 1.15 bits per heavy atom. The number of halogens is 1. The molecule has 1 unspecified atom stereocenters. The summed E-state index contributed by atoms with van der Waals surface area (Å²) < 4.78 is 25.8. The summed E-state index contributed by atoms with van der Waals surface area (Å²) in [5, 5.41) is 0. The van der Waals surface area contributed by atoms with Gasteiger partial charge in [-0.15, -0.1) is 0 Å². The third kappa shape index (κ3) is 3.21. The van der Waals surface area contributed by atoms with Crippen molar-refractivity contribution in [2.24, 2.45) is 5.73 Å². The number of carbonyl (C=O) groups is 1. The molecular formula is C14H13FN2O2S. The second kappa shape index (κ2) is 5.83. The zero-order chi connectivity index (χ0) is 14.7. The Morgan fingerprint density at radius 3 is 2.40 bits per heavy atom. The Labute approximate surface area is 118 Å². The topological polar surface area (TPSA) is 86.2 Å². The molecule has 0 aliphatic rings. The van der Waals surface area contributed by atoms with Crippen LogP contribution in [0.2, 0.25) is 0 Å². The van der Waals surface area contributed by atoms with Gasteiger partial charge in [0.25, 0.3) is 0 Å². The van der Waals surface area contributed by atoms with Crippen molar-refractivity contribution in [2.45, 2.75) is 10.6 Å². The van der Waals surface area contributed by atoms with Gasteiger partial charge in [0.2, 0.25) is 5.91 Å². The van der Waals surface area contributed by atoms with Crippen molar-refractivity contribution >= 4 is 22.4 Å². The number of amides is 1. The van der Waals surface area contributed by atoms with E-state index in [4.69, 9.17) is 11.5 Å². The monoisotopic (exact) mass is 292 g/mol. The minimum absolute atomic E-state index is 0.0309. The fraction of sp³-hybridized carbons (Fsp3) is 0.0714. The average Bonchev–Trinajstić information content (AvgIpc) is 2.41. The first-order chi connectivity index (χ1) is 9.47. The Morgan fingerprint density at radius 2 is 1.80 bits per heavy atom. The highest BCUT2D eigenvalue weighted by molar-refractivity contribution is 7.84. The molecule has 0 fully saturated rings. The molecule has 0 saturated heterocycles. The van der Waals surface area contributed by atoms with Gasteiger partial charge in [-0.1, -0.05) is 0 Å². The van der Waals surface area contributed by atoms with E-state index in [9.17, 15) is 13.4 Å². The second-order valence-electron chi connectivity index (χ2n) is 4.23. The van der Waals surface area contributed by atoms with Crippen LogP contribution in [0, 0.1) is 5.82 Å². The molecule has 0 spiro atoms. The summed E-state index contributed by atoms with van der Waals surface area (Å²) in [5.74, 6) is -1.19. The smallest absolute Gasteiger partial charge is 0.248 e. The molecule has 1 amide bonds. The number of rotatable bonds is 4. The maximum atomic E-state index is 13.7. The predicted molar refractivity (Wildman–Crippen MR) is 75.9 cm³/mol. The molecule has 0 aromatic heterocycles. The van der Waals surface area contributed by atoms with Crippen LogP contribution in [0.25, 0.3) is 0 Å². The van der Waals surface area contributed by atoms with Crippen molar-refractivity contribution in [3.8, 4) is 0 Å². The highest BCUT2D eigenvalue weighted by Gasteiger charge is 2.11. The van der Waals surface area contributed by atoms with Crippen LogP contribution >= 0.6 is 0 Å². The van der Waals surface area contributed by atoms with Gasteiger partial charge in [-0.3, -0.25) is 9.00 Å². The van der Waals surface area contributed by atoms with E-state index < -0.39 is 22.5 Å². The molecule has 0 aliphatic carbocycles. The summed E-state index contributed by atoms with van der Waals surface area (Å²) in [6.07, 6.45) is 0. The van der Waals surface area contributed by atoms with Gasteiger partial charge in [-0.05, 0) is 42.5 Å². The summed E-state index contributed by atoms with van der Waals surface area (Å²) >= 11 is 0. The summed E-state index contributed by atoms with van der Waals surface area (Å²) in [4.78, 5) is 11.6. The second-order valence-corrected chi connectivity index (χ2v) is 5.68. The van der Waals surface area contributed by atoms with Crippen LogP contribution < -0.4 is 11.5 Å². The Hall–Kier alpha value is -2.21. The van der Waals surface area contributed by atoms with E-state index in [-0.39, 0.29) is 16.9 Å². The van der Waals surface area contributed by atoms with Gasteiger partial charge in [0.15, 0.2) is 0 Å². The first-order valence-electron chi connectivity index (χ1n) is 5.79. The molecule has 6 heteroatoms. The minimum atomic E-state index is -1.42. The molecule has 2 aromatic carbocycles. The average molecular weight is 292 g/mol. The molecule has 2 aromatic rings. The fourth-order valence-corrected chi connectivity index (χ4v) is 2.79. The van der Waals surface area contributed by atoms with Crippen LogP contribution in [0.15, 0.2) is 47.4 Å². The zero-order valence-electron chi connectivity index (χ0n) is 10.5. The molecule has 2 rings (SSSR count). The molecule has 0 saturated carbocycles. The van der Waals surface area contributed by atoms with Crippen LogP contribution in [0.3, 0.4) is 0 Å². The lowest BCUT2D eigenvalue weighted by atomic mass is 10.1. The highest BCUT2D eigenvalue weighted by Crippen LogP contribution is 2.17. The van der Waals surface area contributed by atoms with E-state index in [0.717, 1.165) is 6.07 Å².